The van der Waals surface area contributed by atoms with Crippen molar-refractivity contribution in [3.63, 3.8) is 0 Å². The van der Waals surface area contributed by atoms with Gasteiger partial charge in [-0.3, -0.25) is 9.79 Å². The molecule has 5 heteroatoms. The number of thioether (sulfide) groups is 1. The predicted molar refractivity (Wildman–Crippen MR) is 79.5 cm³/mol. The maximum atomic E-state index is 12.0. The molecule has 1 N–H and O–H groups in total. The zero-order valence-corrected chi connectivity index (χ0v) is 13.0. The van der Waals surface area contributed by atoms with Crippen LogP contribution in [0.1, 0.15) is 45.4 Å². The van der Waals surface area contributed by atoms with Gasteiger partial charge in [0, 0.05) is 7.11 Å². The largest absolute Gasteiger partial charge is 0.358 e. The van der Waals surface area contributed by atoms with Crippen LogP contribution in [0.4, 0.5) is 0 Å². The molecule has 1 amide bonds. The molecule has 20 heavy (non-hydrogen) atoms. The zero-order chi connectivity index (χ0) is 14.0. The van der Waals surface area contributed by atoms with Crippen LogP contribution in [0.2, 0.25) is 0 Å². The smallest absolute Gasteiger partial charge is 0.268 e. The van der Waals surface area contributed by atoms with Gasteiger partial charge in [0.2, 0.25) is 0 Å². The van der Waals surface area contributed by atoms with Crippen molar-refractivity contribution >= 4 is 22.8 Å². The third kappa shape index (κ3) is 1.93. The summed E-state index contributed by atoms with van der Waals surface area (Å²) in [6.45, 7) is 1.81. The highest BCUT2D eigenvalue weighted by Gasteiger charge is 2.52. The van der Waals surface area contributed by atoms with Gasteiger partial charge in [0.1, 0.15) is 0 Å². The third-order valence-corrected chi connectivity index (χ3v) is 6.79. The van der Waals surface area contributed by atoms with Crippen LogP contribution in [-0.2, 0) is 9.53 Å². The summed E-state index contributed by atoms with van der Waals surface area (Å²) in [4.78, 5) is 16.2. The number of nitrogens with one attached hydrogen (secondary N) is 1. The minimum Gasteiger partial charge on any atom is -0.358 e. The number of carbonyl (C=O) groups excluding carboxylic acids is 1. The van der Waals surface area contributed by atoms with Gasteiger partial charge in [-0.1, -0.05) is 0 Å². The normalized spacial score (nSPS) is 51.8. The van der Waals surface area contributed by atoms with Gasteiger partial charge in [0.05, 0.1) is 5.54 Å². The van der Waals surface area contributed by atoms with Gasteiger partial charge < -0.3 is 10.1 Å². The van der Waals surface area contributed by atoms with E-state index in [0.717, 1.165) is 22.9 Å². The number of carbonyl (C=O) groups is 1. The summed E-state index contributed by atoms with van der Waals surface area (Å²) in [6.07, 6.45) is 7.92. The molecule has 1 unspecified atom stereocenters. The fraction of sp³-hybridized carbons (Fsp3) is 0.867. The van der Waals surface area contributed by atoms with E-state index in [9.17, 15) is 4.79 Å². The second kappa shape index (κ2) is 4.23. The lowest BCUT2D eigenvalue weighted by atomic mass is 9.53. The first kappa shape index (κ1) is 13.1. The lowest BCUT2D eigenvalue weighted by Crippen LogP contribution is -2.50. The van der Waals surface area contributed by atoms with Crippen LogP contribution in [0.15, 0.2) is 4.99 Å². The van der Waals surface area contributed by atoms with Gasteiger partial charge in [-0.05, 0) is 75.0 Å². The Hall–Kier alpha value is -0.550. The van der Waals surface area contributed by atoms with Crippen LogP contribution in [0, 0.1) is 17.8 Å². The minimum absolute atomic E-state index is 0.0755. The first-order valence-corrected chi connectivity index (χ1v) is 8.47. The molecule has 5 rings (SSSR count). The third-order valence-electron chi connectivity index (χ3n) is 5.66. The van der Waals surface area contributed by atoms with Crippen molar-refractivity contribution in [2.75, 3.05) is 7.11 Å². The molecule has 4 saturated carbocycles. The molecule has 110 valence electrons. The van der Waals surface area contributed by atoms with E-state index in [0.29, 0.717) is 0 Å². The minimum atomic E-state index is -0.804. The fourth-order valence-corrected chi connectivity index (χ4v) is 6.05. The average molecular weight is 294 g/mol. The van der Waals surface area contributed by atoms with E-state index in [1.807, 2.05) is 6.92 Å². The number of hydrogen-bond donors (Lipinski definition) is 1. The van der Waals surface area contributed by atoms with Crippen molar-refractivity contribution in [2.24, 2.45) is 22.7 Å². The highest BCUT2D eigenvalue weighted by atomic mass is 32.2. The Kier molecular flexibility index (Phi) is 2.78. The van der Waals surface area contributed by atoms with Crippen molar-refractivity contribution in [2.45, 2.75) is 55.9 Å². The first-order valence-electron chi connectivity index (χ1n) is 7.66. The number of methoxy groups -OCH3 is 1. The summed E-state index contributed by atoms with van der Waals surface area (Å²) in [5.74, 6) is 2.55. The molecule has 1 heterocycles. The van der Waals surface area contributed by atoms with Crippen LogP contribution >= 0.6 is 11.8 Å². The Morgan fingerprint density at radius 3 is 2.20 bits per heavy atom. The molecule has 0 aromatic carbocycles. The molecule has 5 fully saturated rings. The molecule has 5 aliphatic rings. The van der Waals surface area contributed by atoms with Crippen LogP contribution in [0.25, 0.3) is 0 Å². The van der Waals surface area contributed by atoms with E-state index in [2.05, 4.69) is 5.32 Å². The summed E-state index contributed by atoms with van der Waals surface area (Å²) in [6, 6.07) is 0. The van der Waals surface area contributed by atoms with Gasteiger partial charge in [0.15, 0.2) is 10.1 Å². The molecule has 1 aliphatic heterocycles. The molecule has 1 atom stereocenters. The van der Waals surface area contributed by atoms with E-state index >= 15 is 0 Å². The van der Waals surface area contributed by atoms with Crippen LogP contribution in [0.5, 0.6) is 0 Å². The number of hydrogen-bond acceptors (Lipinski definition) is 4. The van der Waals surface area contributed by atoms with Crippen molar-refractivity contribution < 1.29 is 9.53 Å². The van der Waals surface area contributed by atoms with Gasteiger partial charge >= 0.3 is 0 Å². The Morgan fingerprint density at radius 2 is 1.75 bits per heavy atom. The van der Waals surface area contributed by atoms with Gasteiger partial charge in [-0.25, -0.2) is 0 Å². The van der Waals surface area contributed by atoms with Crippen molar-refractivity contribution in [3.05, 3.63) is 0 Å². The second-order valence-corrected chi connectivity index (χ2v) is 8.63. The Balaban J connectivity index is 1.60. The van der Waals surface area contributed by atoms with Gasteiger partial charge in [-0.15, -0.1) is 0 Å². The van der Waals surface area contributed by atoms with E-state index in [-0.39, 0.29) is 11.4 Å². The summed E-state index contributed by atoms with van der Waals surface area (Å²) in [5, 5.41) is 3.70. The highest BCUT2D eigenvalue weighted by Crippen LogP contribution is 2.57. The maximum absolute atomic E-state index is 12.0. The number of amidine groups is 1. The molecular formula is C15H22N2O2S. The molecule has 0 spiro atoms. The van der Waals surface area contributed by atoms with Crippen molar-refractivity contribution in [1.82, 2.24) is 5.32 Å². The average Bonchev–Trinajstić information content (AvgIpc) is 2.62. The molecule has 0 aromatic rings. The zero-order valence-electron chi connectivity index (χ0n) is 12.1. The Morgan fingerprint density at radius 1 is 1.20 bits per heavy atom. The molecule has 1 saturated heterocycles. The number of rotatable bonds is 2. The molecule has 4 nitrogen and oxygen atoms in total. The lowest BCUT2D eigenvalue weighted by Gasteiger charge is -2.55. The van der Waals surface area contributed by atoms with Crippen LogP contribution in [0.3, 0.4) is 0 Å². The standard InChI is InChI=1S/C15H22N2O2S/c1-14(19-2)12(18)16-13(20-14)17-15-6-9-3-10(7-15)5-11(4-9)8-15/h9-11H,3-8H2,1-2H3,(H,16,17,18). The number of ether oxygens (including phenoxy) is 1. The van der Waals surface area contributed by atoms with Gasteiger partial charge in [-0.2, -0.15) is 0 Å². The molecule has 4 aliphatic carbocycles. The molecule has 0 radical (unpaired) electrons. The first-order chi connectivity index (χ1) is 9.50. The van der Waals surface area contributed by atoms with Crippen LogP contribution < -0.4 is 5.32 Å². The summed E-state index contributed by atoms with van der Waals surface area (Å²) < 4.78 is 5.33. The Labute approximate surface area is 124 Å². The van der Waals surface area contributed by atoms with Crippen molar-refractivity contribution in [3.8, 4) is 0 Å². The summed E-state index contributed by atoms with van der Waals surface area (Å²) >= 11 is 1.44. The Bertz CT molecular complexity index is 455. The van der Waals surface area contributed by atoms with Crippen LogP contribution in [-0.4, -0.2) is 28.7 Å². The molecule has 0 aromatic heterocycles. The quantitative estimate of drug-likeness (QED) is 0.851. The van der Waals surface area contributed by atoms with E-state index in [4.69, 9.17) is 9.73 Å². The maximum Gasteiger partial charge on any atom is 0.268 e. The molecular weight excluding hydrogens is 272 g/mol. The van der Waals surface area contributed by atoms with Gasteiger partial charge in [0.25, 0.3) is 5.91 Å². The summed E-state index contributed by atoms with van der Waals surface area (Å²) in [7, 11) is 1.58. The fourth-order valence-electron chi connectivity index (χ4n) is 5.07. The van der Waals surface area contributed by atoms with E-state index in [1.165, 1.54) is 50.3 Å². The predicted octanol–water partition coefficient (Wildman–Crippen LogP) is 2.54. The SMILES string of the molecule is COC1(C)SC(=NC23CC4CC(CC(C4)C2)C3)NC1=O. The van der Waals surface area contributed by atoms with Crippen molar-refractivity contribution in [1.29, 1.82) is 0 Å². The number of nitrogens with zero attached hydrogens (tertiary/aromatic N) is 1. The number of amides is 1. The highest BCUT2D eigenvalue weighted by molar-refractivity contribution is 8.16. The molecule has 4 bridgehead atoms. The lowest BCUT2D eigenvalue weighted by molar-refractivity contribution is -0.130. The summed E-state index contributed by atoms with van der Waals surface area (Å²) in [5.41, 5.74) is 0.114. The van der Waals surface area contributed by atoms with E-state index in [1.54, 1.807) is 7.11 Å². The van der Waals surface area contributed by atoms with E-state index < -0.39 is 4.93 Å². The topological polar surface area (TPSA) is 50.7 Å². The second-order valence-electron chi connectivity index (χ2n) is 7.26. The monoisotopic (exact) mass is 294 g/mol. The number of aliphatic imine (C=N–C) groups is 1.